The van der Waals surface area contributed by atoms with Crippen LogP contribution in [-0.4, -0.2) is 77.8 Å². The van der Waals surface area contributed by atoms with Gasteiger partial charge in [-0.15, -0.1) is 0 Å². The fourth-order valence-corrected chi connectivity index (χ4v) is 5.05. The molecule has 0 saturated carbocycles. The number of pyridine rings is 1. The zero-order chi connectivity index (χ0) is 24.7. The largest absolute Gasteiger partial charge is 0.379 e. The number of hydrogen-bond donors (Lipinski definition) is 1. The number of benzene rings is 1. The van der Waals surface area contributed by atoms with Gasteiger partial charge in [0, 0.05) is 38.9 Å². The SMILES string of the molecule is O=C(NCCCN1CCOCC1)C1CCCN(c2nc3cccnc3n(Cc3ccccc3)c2=O)C1. The van der Waals surface area contributed by atoms with Crippen molar-refractivity contribution in [3.63, 3.8) is 0 Å². The van der Waals surface area contributed by atoms with Crippen molar-refractivity contribution >= 4 is 22.9 Å². The number of carbonyl (C=O) groups excluding carboxylic acids is 1. The zero-order valence-electron chi connectivity index (χ0n) is 20.6. The Kier molecular flexibility index (Phi) is 7.88. The molecular formula is C27H34N6O3. The normalized spacial score (nSPS) is 18.9. The van der Waals surface area contributed by atoms with E-state index >= 15 is 0 Å². The lowest BCUT2D eigenvalue weighted by Crippen LogP contribution is -2.46. The Balaban J connectivity index is 1.28. The molecule has 0 aliphatic carbocycles. The molecule has 0 radical (unpaired) electrons. The standard InChI is InChI=1S/C27H34N6O3/c34-26(29-12-6-13-31-15-17-36-18-16-31)22-9-5-14-32(20-22)25-27(35)33(19-21-7-2-1-3-8-21)24-23(30-25)10-4-11-28-24/h1-4,7-8,10-11,22H,5-6,9,12-20H2,(H,29,34). The smallest absolute Gasteiger partial charge is 0.295 e. The van der Waals surface area contributed by atoms with E-state index in [1.54, 1.807) is 10.8 Å². The van der Waals surface area contributed by atoms with Crippen LogP contribution >= 0.6 is 0 Å². The van der Waals surface area contributed by atoms with Crippen molar-refractivity contribution in [3.8, 4) is 0 Å². The van der Waals surface area contributed by atoms with Gasteiger partial charge in [-0.2, -0.15) is 0 Å². The van der Waals surface area contributed by atoms with Crippen molar-refractivity contribution in [1.82, 2.24) is 24.8 Å². The Morgan fingerprint density at radius 1 is 1.08 bits per heavy atom. The monoisotopic (exact) mass is 490 g/mol. The molecule has 1 atom stereocenters. The van der Waals surface area contributed by atoms with Gasteiger partial charge in [0.05, 0.1) is 25.7 Å². The molecular weight excluding hydrogens is 456 g/mol. The third-order valence-electron chi connectivity index (χ3n) is 7.01. The molecule has 1 amide bonds. The molecule has 3 aromatic rings. The molecule has 2 aromatic heterocycles. The number of nitrogens with zero attached hydrogens (tertiary/aromatic N) is 5. The number of amides is 1. The van der Waals surface area contributed by atoms with Crippen molar-refractivity contribution in [2.75, 3.05) is 57.4 Å². The lowest BCUT2D eigenvalue weighted by Gasteiger charge is -2.33. The van der Waals surface area contributed by atoms with Gasteiger partial charge in [-0.05, 0) is 43.5 Å². The van der Waals surface area contributed by atoms with Gasteiger partial charge in [-0.1, -0.05) is 30.3 Å². The highest BCUT2D eigenvalue weighted by Gasteiger charge is 2.28. The number of ether oxygens (including phenoxy) is 1. The van der Waals surface area contributed by atoms with E-state index in [0.717, 1.165) is 57.7 Å². The lowest BCUT2D eigenvalue weighted by molar-refractivity contribution is -0.125. The van der Waals surface area contributed by atoms with E-state index in [0.29, 0.717) is 43.2 Å². The van der Waals surface area contributed by atoms with E-state index in [-0.39, 0.29) is 17.4 Å². The van der Waals surface area contributed by atoms with Crippen LogP contribution in [0.25, 0.3) is 11.2 Å². The molecule has 2 fully saturated rings. The summed E-state index contributed by atoms with van der Waals surface area (Å²) in [5.74, 6) is 0.306. The highest BCUT2D eigenvalue weighted by molar-refractivity contribution is 5.79. The molecule has 9 nitrogen and oxygen atoms in total. The number of hydrogen-bond acceptors (Lipinski definition) is 7. The molecule has 5 rings (SSSR count). The first-order valence-electron chi connectivity index (χ1n) is 12.9. The van der Waals surface area contributed by atoms with Crippen LogP contribution in [0, 0.1) is 5.92 Å². The summed E-state index contributed by atoms with van der Waals surface area (Å²) in [6.45, 7) is 6.75. The van der Waals surface area contributed by atoms with Crippen LogP contribution in [0.5, 0.6) is 0 Å². The first-order chi connectivity index (χ1) is 17.7. The molecule has 2 aliphatic heterocycles. The molecule has 9 heteroatoms. The third kappa shape index (κ3) is 5.74. The molecule has 0 spiro atoms. The molecule has 0 bridgehead atoms. The summed E-state index contributed by atoms with van der Waals surface area (Å²) in [6.07, 6.45) is 4.27. The third-order valence-corrected chi connectivity index (χ3v) is 7.01. The van der Waals surface area contributed by atoms with Crippen LogP contribution < -0.4 is 15.8 Å². The number of rotatable bonds is 8. The minimum atomic E-state index is -0.170. The first-order valence-corrected chi connectivity index (χ1v) is 12.9. The van der Waals surface area contributed by atoms with E-state index in [1.807, 2.05) is 47.4 Å². The van der Waals surface area contributed by atoms with Crippen molar-refractivity contribution in [2.24, 2.45) is 5.92 Å². The predicted octanol–water partition coefficient (Wildman–Crippen LogP) is 1.89. The van der Waals surface area contributed by atoms with Crippen LogP contribution in [0.1, 0.15) is 24.8 Å². The van der Waals surface area contributed by atoms with Crippen LogP contribution in [-0.2, 0) is 16.1 Å². The summed E-state index contributed by atoms with van der Waals surface area (Å²) in [5.41, 5.74) is 2.10. The van der Waals surface area contributed by atoms with E-state index in [2.05, 4.69) is 15.2 Å². The fourth-order valence-electron chi connectivity index (χ4n) is 5.05. The maximum Gasteiger partial charge on any atom is 0.295 e. The van der Waals surface area contributed by atoms with Crippen molar-refractivity contribution in [1.29, 1.82) is 0 Å². The molecule has 1 unspecified atom stereocenters. The summed E-state index contributed by atoms with van der Waals surface area (Å²) < 4.78 is 7.09. The van der Waals surface area contributed by atoms with E-state index in [4.69, 9.17) is 9.72 Å². The quantitative estimate of drug-likeness (QED) is 0.482. The van der Waals surface area contributed by atoms with Gasteiger partial charge in [-0.25, -0.2) is 9.97 Å². The first kappa shape index (κ1) is 24.4. The molecule has 1 N–H and O–H groups in total. The highest BCUT2D eigenvalue weighted by Crippen LogP contribution is 2.22. The summed E-state index contributed by atoms with van der Waals surface area (Å²) in [7, 11) is 0. The summed E-state index contributed by atoms with van der Waals surface area (Å²) in [5, 5.41) is 3.12. The fraction of sp³-hybridized carbons (Fsp3) is 0.481. The highest BCUT2D eigenvalue weighted by atomic mass is 16.5. The molecule has 2 aliphatic rings. The van der Waals surface area contributed by atoms with Crippen molar-refractivity contribution < 1.29 is 9.53 Å². The molecule has 2 saturated heterocycles. The molecule has 190 valence electrons. The van der Waals surface area contributed by atoms with Gasteiger partial charge in [0.2, 0.25) is 5.91 Å². The number of aromatic nitrogens is 3. The topological polar surface area (TPSA) is 92.6 Å². The number of anilines is 1. The number of fused-ring (bicyclic) bond motifs is 1. The minimum Gasteiger partial charge on any atom is -0.379 e. The number of morpholine rings is 1. The maximum atomic E-state index is 13.6. The zero-order valence-corrected chi connectivity index (χ0v) is 20.6. The Morgan fingerprint density at radius 3 is 2.75 bits per heavy atom. The van der Waals surface area contributed by atoms with Gasteiger partial charge in [0.25, 0.3) is 5.56 Å². The number of carbonyl (C=O) groups is 1. The second-order valence-corrected chi connectivity index (χ2v) is 9.54. The van der Waals surface area contributed by atoms with Gasteiger partial charge in [0.15, 0.2) is 11.5 Å². The Hall–Kier alpha value is -3.30. The molecule has 1 aromatic carbocycles. The summed E-state index contributed by atoms with van der Waals surface area (Å²) >= 11 is 0. The van der Waals surface area contributed by atoms with E-state index < -0.39 is 0 Å². The van der Waals surface area contributed by atoms with Crippen molar-refractivity contribution in [2.45, 2.75) is 25.8 Å². The van der Waals surface area contributed by atoms with E-state index in [1.165, 1.54) is 0 Å². The van der Waals surface area contributed by atoms with Gasteiger partial charge in [0.1, 0.15) is 5.52 Å². The van der Waals surface area contributed by atoms with Gasteiger partial charge >= 0.3 is 0 Å². The van der Waals surface area contributed by atoms with Crippen LogP contribution in [0.15, 0.2) is 53.5 Å². The maximum absolute atomic E-state index is 13.6. The summed E-state index contributed by atoms with van der Waals surface area (Å²) in [6, 6.07) is 13.6. The number of nitrogens with one attached hydrogen (secondary N) is 1. The van der Waals surface area contributed by atoms with Gasteiger partial charge < -0.3 is 15.0 Å². The second-order valence-electron chi connectivity index (χ2n) is 9.54. The second kappa shape index (κ2) is 11.6. The van der Waals surface area contributed by atoms with Crippen LogP contribution in [0.2, 0.25) is 0 Å². The van der Waals surface area contributed by atoms with Gasteiger partial charge in [-0.3, -0.25) is 19.1 Å². The molecule has 4 heterocycles. The lowest BCUT2D eigenvalue weighted by atomic mass is 9.97. The summed E-state index contributed by atoms with van der Waals surface area (Å²) in [4.78, 5) is 40.1. The Labute approximate surface area is 211 Å². The Bertz CT molecular complexity index is 1230. The average molecular weight is 491 g/mol. The average Bonchev–Trinajstić information content (AvgIpc) is 2.93. The number of piperidine rings is 1. The minimum absolute atomic E-state index is 0.0637. The predicted molar refractivity (Wildman–Crippen MR) is 139 cm³/mol. The molecule has 36 heavy (non-hydrogen) atoms. The van der Waals surface area contributed by atoms with Crippen LogP contribution in [0.4, 0.5) is 5.82 Å². The van der Waals surface area contributed by atoms with Crippen LogP contribution in [0.3, 0.4) is 0 Å². The van der Waals surface area contributed by atoms with Crippen molar-refractivity contribution in [3.05, 3.63) is 64.6 Å². The van der Waals surface area contributed by atoms with E-state index in [9.17, 15) is 9.59 Å². The Morgan fingerprint density at radius 2 is 1.92 bits per heavy atom.